The van der Waals surface area contributed by atoms with Gasteiger partial charge in [0.1, 0.15) is 5.75 Å². The predicted molar refractivity (Wildman–Crippen MR) is 75.9 cm³/mol. The molecule has 0 fully saturated rings. The van der Waals surface area contributed by atoms with E-state index in [0.717, 1.165) is 41.7 Å². The topological polar surface area (TPSA) is 9.23 Å². The molecule has 0 saturated carbocycles. The zero-order valence-electron chi connectivity index (χ0n) is 11.0. The Labute approximate surface area is 109 Å². The van der Waals surface area contributed by atoms with E-state index in [1.54, 1.807) is 0 Å². The molecule has 1 aromatic rings. The summed E-state index contributed by atoms with van der Waals surface area (Å²) in [5.74, 6) is 0.837. The Hall–Kier alpha value is -0.950. The molecule has 0 amide bonds. The first-order valence-electron chi connectivity index (χ1n) is 6.27. The van der Waals surface area contributed by atoms with Gasteiger partial charge in [-0.2, -0.15) is 0 Å². The molecule has 0 aliphatic rings. The van der Waals surface area contributed by atoms with Crippen molar-refractivity contribution in [3.63, 3.8) is 0 Å². The molecule has 0 aromatic heterocycles. The average Bonchev–Trinajstić information content (AvgIpc) is 2.35. The van der Waals surface area contributed by atoms with Crippen LogP contribution in [0.5, 0.6) is 5.75 Å². The van der Waals surface area contributed by atoms with Gasteiger partial charge in [0, 0.05) is 0 Å². The number of benzene rings is 1. The van der Waals surface area contributed by atoms with Gasteiger partial charge in [0.2, 0.25) is 0 Å². The third-order valence-corrected chi connectivity index (χ3v) is 3.07. The Kier molecular flexibility index (Phi) is 5.57. The SMILES string of the molecule is C=C(CC)c1cc(Cl)c(OCCC)c(CC)c1. The Morgan fingerprint density at radius 1 is 1.29 bits per heavy atom. The summed E-state index contributed by atoms with van der Waals surface area (Å²) in [4.78, 5) is 0. The van der Waals surface area contributed by atoms with E-state index >= 15 is 0 Å². The third kappa shape index (κ3) is 3.50. The van der Waals surface area contributed by atoms with Crippen molar-refractivity contribution in [3.05, 3.63) is 34.9 Å². The van der Waals surface area contributed by atoms with Crippen LogP contribution in [0.1, 0.15) is 44.7 Å². The third-order valence-electron chi connectivity index (χ3n) is 2.79. The molecule has 0 bridgehead atoms. The van der Waals surface area contributed by atoms with Crippen LogP contribution in [0.4, 0.5) is 0 Å². The lowest BCUT2D eigenvalue weighted by atomic mass is 10.0. The molecule has 1 rings (SSSR count). The predicted octanol–water partition coefficient (Wildman–Crippen LogP) is 5.11. The molecule has 0 heterocycles. The highest BCUT2D eigenvalue weighted by molar-refractivity contribution is 6.32. The van der Waals surface area contributed by atoms with Gasteiger partial charge < -0.3 is 4.74 Å². The van der Waals surface area contributed by atoms with E-state index in [1.165, 1.54) is 0 Å². The highest BCUT2D eigenvalue weighted by Crippen LogP contribution is 2.33. The fraction of sp³-hybridized carbons (Fsp3) is 0.467. The lowest BCUT2D eigenvalue weighted by Crippen LogP contribution is -2.00. The van der Waals surface area contributed by atoms with Crippen LogP contribution in [0.3, 0.4) is 0 Å². The molecule has 94 valence electrons. The first-order valence-corrected chi connectivity index (χ1v) is 6.65. The van der Waals surface area contributed by atoms with Crippen LogP contribution < -0.4 is 4.74 Å². The molecule has 0 atom stereocenters. The number of rotatable bonds is 6. The normalized spacial score (nSPS) is 10.4. The molecule has 2 heteroatoms. The van der Waals surface area contributed by atoms with Crippen molar-refractivity contribution >= 4 is 17.2 Å². The number of allylic oxidation sites excluding steroid dienone is 1. The van der Waals surface area contributed by atoms with Gasteiger partial charge in [-0.3, -0.25) is 0 Å². The molecule has 0 saturated heterocycles. The molecule has 0 radical (unpaired) electrons. The molecular weight excluding hydrogens is 232 g/mol. The minimum absolute atomic E-state index is 0.697. The van der Waals surface area contributed by atoms with E-state index in [4.69, 9.17) is 16.3 Å². The highest BCUT2D eigenvalue weighted by Gasteiger charge is 2.10. The molecule has 0 spiro atoms. The Morgan fingerprint density at radius 2 is 2.00 bits per heavy atom. The highest BCUT2D eigenvalue weighted by atomic mass is 35.5. The maximum absolute atomic E-state index is 6.28. The molecule has 0 aliphatic carbocycles. The molecule has 1 aromatic carbocycles. The minimum atomic E-state index is 0.697. The van der Waals surface area contributed by atoms with E-state index in [9.17, 15) is 0 Å². The maximum atomic E-state index is 6.28. The van der Waals surface area contributed by atoms with Crippen LogP contribution in [0.25, 0.3) is 5.57 Å². The number of ether oxygens (including phenoxy) is 1. The van der Waals surface area contributed by atoms with Crippen molar-refractivity contribution in [2.75, 3.05) is 6.61 Å². The minimum Gasteiger partial charge on any atom is -0.492 e. The van der Waals surface area contributed by atoms with Gasteiger partial charge in [0.05, 0.1) is 11.6 Å². The zero-order chi connectivity index (χ0) is 12.8. The fourth-order valence-corrected chi connectivity index (χ4v) is 1.98. The number of hydrogen-bond donors (Lipinski definition) is 0. The summed E-state index contributed by atoms with van der Waals surface area (Å²) in [5, 5.41) is 0.697. The Morgan fingerprint density at radius 3 is 2.53 bits per heavy atom. The van der Waals surface area contributed by atoms with Crippen LogP contribution in [-0.4, -0.2) is 6.61 Å². The van der Waals surface area contributed by atoms with Gasteiger partial charge in [0.15, 0.2) is 0 Å². The largest absolute Gasteiger partial charge is 0.492 e. The molecule has 17 heavy (non-hydrogen) atoms. The summed E-state index contributed by atoms with van der Waals surface area (Å²) in [5.41, 5.74) is 3.40. The maximum Gasteiger partial charge on any atom is 0.141 e. The lowest BCUT2D eigenvalue weighted by molar-refractivity contribution is 0.314. The lowest BCUT2D eigenvalue weighted by Gasteiger charge is -2.14. The van der Waals surface area contributed by atoms with E-state index in [0.29, 0.717) is 11.6 Å². The monoisotopic (exact) mass is 252 g/mol. The van der Waals surface area contributed by atoms with Crippen LogP contribution in [0.15, 0.2) is 18.7 Å². The number of hydrogen-bond acceptors (Lipinski definition) is 1. The van der Waals surface area contributed by atoms with Crippen molar-refractivity contribution in [2.45, 2.75) is 40.0 Å². The van der Waals surface area contributed by atoms with E-state index in [-0.39, 0.29) is 0 Å². The summed E-state index contributed by atoms with van der Waals surface area (Å²) in [6.45, 7) is 11.1. The zero-order valence-corrected chi connectivity index (χ0v) is 11.7. The summed E-state index contributed by atoms with van der Waals surface area (Å²) in [6, 6.07) is 4.10. The summed E-state index contributed by atoms with van der Waals surface area (Å²) >= 11 is 6.28. The quantitative estimate of drug-likeness (QED) is 0.683. The smallest absolute Gasteiger partial charge is 0.141 e. The fourth-order valence-electron chi connectivity index (χ4n) is 1.69. The van der Waals surface area contributed by atoms with Crippen molar-refractivity contribution < 1.29 is 4.74 Å². The molecular formula is C15H21ClO. The van der Waals surface area contributed by atoms with E-state index < -0.39 is 0 Å². The second-order valence-corrected chi connectivity index (χ2v) is 4.51. The van der Waals surface area contributed by atoms with Crippen LogP contribution in [0, 0.1) is 0 Å². The van der Waals surface area contributed by atoms with Gasteiger partial charge in [-0.15, -0.1) is 0 Å². The van der Waals surface area contributed by atoms with Crippen LogP contribution in [0.2, 0.25) is 5.02 Å². The van der Waals surface area contributed by atoms with E-state index in [1.807, 2.05) is 6.07 Å². The molecule has 0 unspecified atom stereocenters. The summed E-state index contributed by atoms with van der Waals surface area (Å²) in [6.07, 6.45) is 2.85. The van der Waals surface area contributed by atoms with Crippen molar-refractivity contribution in [2.24, 2.45) is 0 Å². The Bertz CT molecular complexity index is 396. The molecule has 1 nitrogen and oxygen atoms in total. The molecule has 0 N–H and O–H groups in total. The first kappa shape index (κ1) is 14.1. The summed E-state index contributed by atoms with van der Waals surface area (Å²) in [7, 11) is 0. The second-order valence-electron chi connectivity index (χ2n) is 4.11. The van der Waals surface area contributed by atoms with Crippen LogP contribution in [-0.2, 0) is 6.42 Å². The standard InChI is InChI=1S/C15H21ClO/c1-5-8-17-15-12(7-3)9-13(10-14(15)16)11(4)6-2/h9-10H,4-8H2,1-3H3. The first-order chi connectivity index (χ1) is 8.13. The second kappa shape index (κ2) is 6.70. The van der Waals surface area contributed by atoms with Gasteiger partial charge >= 0.3 is 0 Å². The number of aryl methyl sites for hydroxylation is 1. The van der Waals surface area contributed by atoms with Crippen molar-refractivity contribution in [3.8, 4) is 5.75 Å². The van der Waals surface area contributed by atoms with Crippen molar-refractivity contribution in [1.82, 2.24) is 0 Å². The number of halogens is 1. The van der Waals surface area contributed by atoms with Gasteiger partial charge in [-0.05, 0) is 48.1 Å². The van der Waals surface area contributed by atoms with E-state index in [2.05, 4.69) is 33.4 Å². The molecule has 0 aliphatic heterocycles. The Balaban J connectivity index is 3.11. The average molecular weight is 253 g/mol. The van der Waals surface area contributed by atoms with Gasteiger partial charge in [-0.1, -0.05) is 39.0 Å². The van der Waals surface area contributed by atoms with Crippen molar-refractivity contribution in [1.29, 1.82) is 0 Å². The van der Waals surface area contributed by atoms with Gasteiger partial charge in [0.25, 0.3) is 0 Å². The van der Waals surface area contributed by atoms with Crippen LogP contribution >= 0.6 is 11.6 Å². The van der Waals surface area contributed by atoms with Gasteiger partial charge in [-0.25, -0.2) is 0 Å². The summed E-state index contributed by atoms with van der Waals surface area (Å²) < 4.78 is 5.71.